The van der Waals surface area contributed by atoms with E-state index in [9.17, 15) is 5.11 Å². The summed E-state index contributed by atoms with van der Waals surface area (Å²) in [5.41, 5.74) is 3.48. The Morgan fingerprint density at radius 2 is 1.70 bits per heavy atom. The fourth-order valence-electron chi connectivity index (χ4n) is 3.38. The van der Waals surface area contributed by atoms with Crippen LogP contribution in [0.4, 0.5) is 5.69 Å². The molecule has 1 aliphatic heterocycles. The molecular weight excluding hydrogens is 340 g/mol. The molecule has 0 aromatic heterocycles. The van der Waals surface area contributed by atoms with Crippen molar-refractivity contribution in [3.63, 3.8) is 0 Å². The van der Waals surface area contributed by atoms with E-state index in [-0.39, 0.29) is 0 Å². The first-order valence-electron chi connectivity index (χ1n) is 9.54. The first kappa shape index (κ1) is 19.5. The van der Waals surface area contributed by atoms with Gasteiger partial charge in [-0.15, -0.1) is 0 Å². The molecule has 5 heteroatoms. The number of ether oxygens (including phenoxy) is 2. The van der Waals surface area contributed by atoms with Gasteiger partial charge >= 0.3 is 0 Å². The SMILES string of the molecule is COc1ccc(N2CCN(C[C@@H](O)COc3cc(C)ccc3C)CC2)cc1. The van der Waals surface area contributed by atoms with Crippen molar-refractivity contribution in [1.82, 2.24) is 4.90 Å². The van der Waals surface area contributed by atoms with Crippen LogP contribution in [0.2, 0.25) is 0 Å². The third-order valence-corrected chi connectivity index (χ3v) is 5.05. The fourth-order valence-corrected chi connectivity index (χ4v) is 3.38. The summed E-state index contributed by atoms with van der Waals surface area (Å²) in [7, 11) is 1.68. The zero-order valence-electron chi connectivity index (χ0n) is 16.5. The van der Waals surface area contributed by atoms with Gasteiger partial charge in [0.15, 0.2) is 0 Å². The minimum atomic E-state index is -0.488. The summed E-state index contributed by atoms with van der Waals surface area (Å²) in [5.74, 6) is 1.74. The number of piperazine rings is 1. The van der Waals surface area contributed by atoms with E-state index in [1.807, 2.05) is 32.0 Å². The van der Waals surface area contributed by atoms with Gasteiger partial charge in [-0.2, -0.15) is 0 Å². The number of methoxy groups -OCH3 is 1. The number of aliphatic hydroxyl groups is 1. The van der Waals surface area contributed by atoms with Crippen molar-refractivity contribution in [2.24, 2.45) is 0 Å². The second kappa shape index (κ2) is 9.11. The molecule has 146 valence electrons. The highest BCUT2D eigenvalue weighted by molar-refractivity contribution is 5.49. The zero-order chi connectivity index (χ0) is 19.2. The van der Waals surface area contributed by atoms with Gasteiger partial charge in [0.05, 0.1) is 7.11 Å². The summed E-state index contributed by atoms with van der Waals surface area (Å²) >= 11 is 0. The maximum atomic E-state index is 10.4. The van der Waals surface area contributed by atoms with Gasteiger partial charge in [-0.25, -0.2) is 0 Å². The van der Waals surface area contributed by atoms with Crippen LogP contribution in [0.5, 0.6) is 11.5 Å². The Bertz CT molecular complexity index is 725. The third-order valence-electron chi connectivity index (χ3n) is 5.05. The molecule has 2 aromatic carbocycles. The Balaban J connectivity index is 1.43. The Labute approximate surface area is 162 Å². The number of rotatable bonds is 7. The Morgan fingerprint density at radius 1 is 1.00 bits per heavy atom. The van der Waals surface area contributed by atoms with Crippen LogP contribution in [0.25, 0.3) is 0 Å². The van der Waals surface area contributed by atoms with E-state index in [2.05, 4.69) is 34.1 Å². The molecule has 0 amide bonds. The molecule has 1 atom stereocenters. The lowest BCUT2D eigenvalue weighted by Crippen LogP contribution is -2.49. The van der Waals surface area contributed by atoms with Crippen molar-refractivity contribution in [2.45, 2.75) is 20.0 Å². The van der Waals surface area contributed by atoms with Gasteiger partial charge in [0, 0.05) is 38.4 Å². The van der Waals surface area contributed by atoms with E-state index in [1.165, 1.54) is 11.3 Å². The van der Waals surface area contributed by atoms with Gasteiger partial charge in [0.25, 0.3) is 0 Å². The molecule has 1 aliphatic rings. The second-order valence-corrected chi connectivity index (χ2v) is 7.22. The van der Waals surface area contributed by atoms with Crippen molar-refractivity contribution >= 4 is 5.69 Å². The van der Waals surface area contributed by atoms with E-state index in [0.29, 0.717) is 13.2 Å². The number of β-amino-alcohol motifs (C(OH)–C–C–N with tert-alkyl or cyclic N) is 1. The van der Waals surface area contributed by atoms with Crippen LogP contribution in [0.15, 0.2) is 42.5 Å². The number of hydrogen-bond donors (Lipinski definition) is 1. The summed E-state index contributed by atoms with van der Waals surface area (Å²) in [4.78, 5) is 4.67. The molecule has 0 aliphatic carbocycles. The smallest absolute Gasteiger partial charge is 0.122 e. The Kier molecular flexibility index (Phi) is 6.58. The van der Waals surface area contributed by atoms with Crippen molar-refractivity contribution in [3.05, 3.63) is 53.6 Å². The van der Waals surface area contributed by atoms with E-state index in [0.717, 1.165) is 43.2 Å². The topological polar surface area (TPSA) is 45.2 Å². The van der Waals surface area contributed by atoms with E-state index in [4.69, 9.17) is 9.47 Å². The fraction of sp³-hybridized carbons (Fsp3) is 0.455. The molecule has 0 saturated carbocycles. The van der Waals surface area contributed by atoms with Crippen LogP contribution in [0.3, 0.4) is 0 Å². The average molecular weight is 370 g/mol. The predicted octanol–water partition coefficient (Wildman–Crippen LogP) is 2.87. The summed E-state index contributed by atoms with van der Waals surface area (Å²) < 4.78 is 11.1. The molecule has 0 unspecified atom stereocenters. The van der Waals surface area contributed by atoms with Crippen LogP contribution < -0.4 is 14.4 Å². The van der Waals surface area contributed by atoms with Crippen LogP contribution >= 0.6 is 0 Å². The first-order chi connectivity index (χ1) is 13.0. The van der Waals surface area contributed by atoms with Crippen molar-refractivity contribution in [3.8, 4) is 11.5 Å². The van der Waals surface area contributed by atoms with Crippen molar-refractivity contribution < 1.29 is 14.6 Å². The maximum absolute atomic E-state index is 10.4. The van der Waals surface area contributed by atoms with Crippen LogP contribution in [-0.4, -0.2) is 62.6 Å². The molecule has 1 saturated heterocycles. The number of hydrogen-bond acceptors (Lipinski definition) is 5. The molecule has 3 rings (SSSR count). The normalized spacial score (nSPS) is 16.2. The number of benzene rings is 2. The van der Waals surface area contributed by atoms with Gasteiger partial charge in [-0.05, 0) is 55.3 Å². The lowest BCUT2D eigenvalue weighted by atomic mass is 10.1. The molecule has 5 nitrogen and oxygen atoms in total. The zero-order valence-corrected chi connectivity index (χ0v) is 16.5. The predicted molar refractivity (Wildman–Crippen MR) is 109 cm³/mol. The molecular formula is C22H30N2O3. The molecule has 0 radical (unpaired) electrons. The highest BCUT2D eigenvalue weighted by atomic mass is 16.5. The van der Waals surface area contributed by atoms with E-state index < -0.39 is 6.10 Å². The van der Waals surface area contributed by atoms with E-state index >= 15 is 0 Å². The first-order valence-corrected chi connectivity index (χ1v) is 9.54. The molecule has 0 spiro atoms. The van der Waals surface area contributed by atoms with Crippen LogP contribution in [0, 0.1) is 13.8 Å². The minimum Gasteiger partial charge on any atom is -0.497 e. The molecule has 2 aromatic rings. The summed E-state index contributed by atoms with van der Waals surface area (Å²) in [6, 6.07) is 14.3. The number of anilines is 1. The average Bonchev–Trinajstić information content (AvgIpc) is 2.69. The monoisotopic (exact) mass is 370 g/mol. The molecule has 1 N–H and O–H groups in total. The van der Waals surface area contributed by atoms with Gasteiger partial charge in [-0.1, -0.05) is 12.1 Å². The Hall–Kier alpha value is -2.24. The van der Waals surface area contributed by atoms with E-state index in [1.54, 1.807) is 7.11 Å². The molecule has 1 fully saturated rings. The lowest BCUT2D eigenvalue weighted by Gasteiger charge is -2.36. The van der Waals surface area contributed by atoms with Crippen molar-refractivity contribution in [2.75, 3.05) is 51.3 Å². The summed E-state index contributed by atoms with van der Waals surface area (Å²) in [6.07, 6.45) is -0.488. The maximum Gasteiger partial charge on any atom is 0.122 e. The standard InChI is InChI=1S/C22H30N2O3/c1-17-4-5-18(2)22(14-17)27-16-20(25)15-23-10-12-24(13-11-23)19-6-8-21(26-3)9-7-19/h4-9,14,20,25H,10-13,15-16H2,1-3H3/t20-/m1/s1. The number of aryl methyl sites for hydroxylation is 2. The highest BCUT2D eigenvalue weighted by Crippen LogP contribution is 2.21. The highest BCUT2D eigenvalue weighted by Gasteiger charge is 2.20. The largest absolute Gasteiger partial charge is 0.497 e. The summed E-state index contributed by atoms with van der Waals surface area (Å²) in [5, 5.41) is 10.4. The van der Waals surface area contributed by atoms with Gasteiger partial charge in [-0.3, -0.25) is 4.90 Å². The van der Waals surface area contributed by atoms with Gasteiger partial charge < -0.3 is 19.5 Å². The molecule has 27 heavy (non-hydrogen) atoms. The van der Waals surface area contributed by atoms with Crippen LogP contribution in [0.1, 0.15) is 11.1 Å². The lowest BCUT2D eigenvalue weighted by molar-refractivity contribution is 0.0660. The van der Waals surface area contributed by atoms with Gasteiger partial charge in [0.1, 0.15) is 24.2 Å². The number of nitrogens with zero attached hydrogens (tertiary/aromatic N) is 2. The quantitative estimate of drug-likeness (QED) is 0.812. The minimum absolute atomic E-state index is 0.322. The summed E-state index contributed by atoms with van der Waals surface area (Å²) in [6.45, 7) is 8.82. The van der Waals surface area contributed by atoms with Crippen molar-refractivity contribution in [1.29, 1.82) is 0 Å². The Morgan fingerprint density at radius 3 is 2.37 bits per heavy atom. The second-order valence-electron chi connectivity index (χ2n) is 7.22. The van der Waals surface area contributed by atoms with Crippen LogP contribution in [-0.2, 0) is 0 Å². The number of aliphatic hydroxyl groups excluding tert-OH is 1. The van der Waals surface area contributed by atoms with Gasteiger partial charge in [0.2, 0.25) is 0 Å². The molecule has 1 heterocycles. The third kappa shape index (κ3) is 5.37. The molecule has 0 bridgehead atoms.